The Hall–Kier alpha value is -1.88. The molecule has 0 saturated carbocycles. The number of thiophene rings is 1. The first-order valence-electron chi connectivity index (χ1n) is 5.06. The minimum Gasteiger partial charge on any atom is -0.486 e. The molecule has 3 N–H and O–H groups in total. The van der Waals surface area contributed by atoms with Gasteiger partial charge in [-0.25, -0.2) is 0 Å². The van der Waals surface area contributed by atoms with E-state index in [1.54, 1.807) is 0 Å². The Labute approximate surface area is 103 Å². The summed E-state index contributed by atoms with van der Waals surface area (Å²) < 4.78 is 6.31. The highest BCUT2D eigenvalue weighted by Crippen LogP contribution is 2.28. The molecule has 1 heterocycles. The highest BCUT2D eigenvalue weighted by molar-refractivity contribution is 7.20. The summed E-state index contributed by atoms with van der Waals surface area (Å²) in [5.41, 5.74) is 5.43. The molecule has 0 radical (unpaired) electrons. The molecule has 88 valence electrons. The Morgan fingerprint density at radius 3 is 2.88 bits per heavy atom. The minimum atomic E-state index is -0.0132. The number of amidine groups is 1. The summed E-state index contributed by atoms with van der Waals surface area (Å²) in [6.07, 6.45) is 0. The van der Waals surface area contributed by atoms with Gasteiger partial charge in [0.25, 0.3) is 0 Å². The van der Waals surface area contributed by atoms with Gasteiger partial charge in [-0.15, -0.1) is 11.3 Å². The van der Waals surface area contributed by atoms with Gasteiger partial charge >= 0.3 is 0 Å². The van der Waals surface area contributed by atoms with Gasteiger partial charge in [-0.05, 0) is 36.6 Å². The number of hydrogen-bond acceptors (Lipinski definition) is 4. The van der Waals surface area contributed by atoms with Crippen LogP contribution in [0.25, 0.3) is 10.1 Å². The number of rotatable bonds is 4. The molecule has 1 aromatic carbocycles. The lowest BCUT2D eigenvalue weighted by Gasteiger charge is -2.02. The molecule has 0 saturated heterocycles. The van der Waals surface area contributed by atoms with Gasteiger partial charge in [0.15, 0.2) is 5.78 Å². The third-order valence-electron chi connectivity index (χ3n) is 2.20. The molecule has 2 aromatic rings. The molecule has 0 atom stereocenters. The van der Waals surface area contributed by atoms with Crippen LogP contribution in [0, 0.1) is 5.41 Å². The van der Waals surface area contributed by atoms with Crippen LogP contribution in [0.3, 0.4) is 0 Å². The van der Waals surface area contributed by atoms with E-state index in [1.807, 2.05) is 24.3 Å². The van der Waals surface area contributed by atoms with Gasteiger partial charge in [-0.2, -0.15) is 0 Å². The fourth-order valence-electron chi connectivity index (χ4n) is 1.42. The van der Waals surface area contributed by atoms with Crippen molar-refractivity contribution in [2.24, 2.45) is 5.73 Å². The Balaban J connectivity index is 2.30. The maximum absolute atomic E-state index is 10.8. The molecular weight excluding hydrogens is 236 g/mol. The van der Waals surface area contributed by atoms with Crippen LogP contribution in [0.1, 0.15) is 11.8 Å². The number of Topliss-reactive ketones (excluding diaryl/α,β-unsaturated/α-hetero) is 1. The Bertz CT molecular complexity index is 589. The number of benzene rings is 1. The first-order valence-corrected chi connectivity index (χ1v) is 5.88. The summed E-state index contributed by atoms with van der Waals surface area (Å²) >= 11 is 1.44. The van der Waals surface area contributed by atoms with Crippen molar-refractivity contribution < 1.29 is 9.53 Å². The number of carbonyl (C=O) groups is 1. The van der Waals surface area contributed by atoms with Crippen LogP contribution in [-0.4, -0.2) is 18.2 Å². The standard InChI is InChI=1S/C12H12N2O2S/c1-7(15)6-16-9-3-2-8-4-11(12(13)14)17-10(8)5-9/h2-5H,6H2,1H3,(H3,13,14). The van der Waals surface area contributed by atoms with Crippen molar-refractivity contribution >= 4 is 33.0 Å². The lowest BCUT2D eigenvalue weighted by molar-refractivity contribution is -0.118. The third kappa shape index (κ3) is 2.62. The van der Waals surface area contributed by atoms with Gasteiger partial charge in [-0.1, -0.05) is 0 Å². The Morgan fingerprint density at radius 1 is 1.47 bits per heavy atom. The van der Waals surface area contributed by atoms with Gasteiger partial charge in [0, 0.05) is 4.70 Å². The van der Waals surface area contributed by atoms with E-state index in [1.165, 1.54) is 18.3 Å². The lowest BCUT2D eigenvalue weighted by atomic mass is 10.2. The Kier molecular flexibility index (Phi) is 3.10. The maximum atomic E-state index is 10.8. The molecule has 5 heteroatoms. The number of hydrogen-bond donors (Lipinski definition) is 2. The summed E-state index contributed by atoms with van der Waals surface area (Å²) in [7, 11) is 0. The van der Waals surface area contributed by atoms with Crippen LogP contribution >= 0.6 is 11.3 Å². The van der Waals surface area contributed by atoms with Crippen molar-refractivity contribution in [3.63, 3.8) is 0 Å². The van der Waals surface area contributed by atoms with Crippen molar-refractivity contribution in [2.75, 3.05) is 6.61 Å². The molecular formula is C12H12N2O2S. The molecule has 0 spiro atoms. The van der Waals surface area contributed by atoms with E-state index < -0.39 is 0 Å². The number of ether oxygens (including phenoxy) is 1. The van der Waals surface area contributed by atoms with E-state index in [2.05, 4.69) is 0 Å². The van der Waals surface area contributed by atoms with Crippen molar-refractivity contribution in [3.8, 4) is 5.75 Å². The third-order valence-corrected chi connectivity index (χ3v) is 3.33. The first-order chi connectivity index (χ1) is 8.06. The first kappa shape index (κ1) is 11.6. The van der Waals surface area contributed by atoms with E-state index >= 15 is 0 Å². The van der Waals surface area contributed by atoms with Crippen LogP contribution in [0.2, 0.25) is 0 Å². The van der Waals surface area contributed by atoms with Gasteiger partial charge < -0.3 is 10.5 Å². The smallest absolute Gasteiger partial charge is 0.167 e. The van der Waals surface area contributed by atoms with Gasteiger partial charge in [0.05, 0.1) is 4.88 Å². The quantitative estimate of drug-likeness (QED) is 0.643. The summed E-state index contributed by atoms with van der Waals surface area (Å²) in [6.45, 7) is 1.56. The van der Waals surface area contributed by atoms with Crippen LogP contribution in [0.4, 0.5) is 0 Å². The fraction of sp³-hybridized carbons (Fsp3) is 0.167. The Morgan fingerprint density at radius 2 is 2.24 bits per heavy atom. The molecule has 1 aromatic heterocycles. The molecule has 0 aliphatic heterocycles. The van der Waals surface area contributed by atoms with Gasteiger partial charge in [0.1, 0.15) is 18.2 Å². The van der Waals surface area contributed by atoms with E-state index in [9.17, 15) is 4.79 Å². The second-order valence-electron chi connectivity index (χ2n) is 3.71. The number of nitrogens with one attached hydrogen (secondary N) is 1. The molecule has 2 rings (SSSR count). The summed E-state index contributed by atoms with van der Waals surface area (Å²) in [6, 6.07) is 7.43. The highest BCUT2D eigenvalue weighted by Gasteiger charge is 2.05. The SMILES string of the molecule is CC(=O)COc1ccc2cc(C(=N)N)sc2c1. The largest absolute Gasteiger partial charge is 0.486 e. The molecule has 4 nitrogen and oxygen atoms in total. The van der Waals surface area contributed by atoms with Crippen LogP contribution in [0.15, 0.2) is 24.3 Å². The van der Waals surface area contributed by atoms with Crippen molar-refractivity contribution in [2.45, 2.75) is 6.92 Å². The molecule has 0 fully saturated rings. The normalized spacial score (nSPS) is 10.4. The van der Waals surface area contributed by atoms with Crippen molar-refractivity contribution in [1.82, 2.24) is 0 Å². The summed E-state index contributed by atoms with van der Waals surface area (Å²) in [5.74, 6) is 0.711. The zero-order valence-corrected chi connectivity index (χ0v) is 10.1. The summed E-state index contributed by atoms with van der Waals surface area (Å²) in [4.78, 5) is 11.5. The number of nitrogens with two attached hydrogens (primary N) is 1. The molecule has 17 heavy (non-hydrogen) atoms. The van der Waals surface area contributed by atoms with Crippen LogP contribution in [0.5, 0.6) is 5.75 Å². The van der Waals surface area contributed by atoms with Gasteiger partial charge in [-0.3, -0.25) is 10.2 Å². The van der Waals surface area contributed by atoms with Crippen LogP contribution in [-0.2, 0) is 4.79 Å². The predicted octanol–water partition coefficient (Wildman–Crippen LogP) is 2.15. The van der Waals surface area contributed by atoms with Crippen molar-refractivity contribution in [3.05, 3.63) is 29.1 Å². The monoisotopic (exact) mass is 248 g/mol. The van der Waals surface area contributed by atoms with E-state index in [4.69, 9.17) is 15.9 Å². The molecule has 0 unspecified atom stereocenters. The fourth-order valence-corrected chi connectivity index (χ4v) is 2.37. The number of ketones is 1. The zero-order valence-electron chi connectivity index (χ0n) is 9.32. The zero-order chi connectivity index (χ0) is 12.4. The molecule has 0 aliphatic carbocycles. The predicted molar refractivity (Wildman–Crippen MR) is 69.0 cm³/mol. The topological polar surface area (TPSA) is 76.2 Å². The average Bonchev–Trinajstić information content (AvgIpc) is 2.69. The number of nitrogen functional groups attached to an aromatic ring is 1. The highest BCUT2D eigenvalue weighted by atomic mass is 32.1. The van der Waals surface area contributed by atoms with E-state index in [-0.39, 0.29) is 18.2 Å². The van der Waals surface area contributed by atoms with Gasteiger partial charge in [0.2, 0.25) is 0 Å². The number of carbonyl (C=O) groups excluding carboxylic acids is 1. The molecule has 0 amide bonds. The lowest BCUT2D eigenvalue weighted by Crippen LogP contribution is -2.08. The second kappa shape index (κ2) is 4.55. The van der Waals surface area contributed by atoms with E-state index in [0.717, 1.165) is 15.0 Å². The van der Waals surface area contributed by atoms with Crippen molar-refractivity contribution in [1.29, 1.82) is 5.41 Å². The van der Waals surface area contributed by atoms with E-state index in [0.29, 0.717) is 5.75 Å². The minimum absolute atomic E-state index is 0.0132. The van der Waals surface area contributed by atoms with Crippen LogP contribution < -0.4 is 10.5 Å². The average molecular weight is 248 g/mol. The molecule has 0 aliphatic rings. The summed E-state index contributed by atoms with van der Waals surface area (Å²) in [5, 5.41) is 8.39. The second-order valence-corrected chi connectivity index (χ2v) is 4.80. The maximum Gasteiger partial charge on any atom is 0.167 e. The number of fused-ring (bicyclic) bond motifs is 1. The molecule has 0 bridgehead atoms.